The van der Waals surface area contributed by atoms with Crippen molar-refractivity contribution < 1.29 is 9.59 Å². The number of hydrogen-bond acceptors (Lipinski definition) is 7. The molecule has 2 aromatic carbocycles. The normalized spacial score (nSPS) is 17.0. The molecule has 2 amide bonds. The van der Waals surface area contributed by atoms with Gasteiger partial charge in [0.05, 0.1) is 18.7 Å². The molecule has 38 heavy (non-hydrogen) atoms. The van der Waals surface area contributed by atoms with E-state index in [0.717, 1.165) is 23.5 Å². The van der Waals surface area contributed by atoms with Gasteiger partial charge in [-0.15, -0.1) is 0 Å². The summed E-state index contributed by atoms with van der Waals surface area (Å²) >= 11 is 0. The van der Waals surface area contributed by atoms with Crippen molar-refractivity contribution >= 4 is 46.4 Å². The maximum Gasteiger partial charge on any atom is 0.254 e. The van der Waals surface area contributed by atoms with Crippen LogP contribution >= 0.6 is 0 Å². The second kappa shape index (κ2) is 10.0. The molecule has 2 aromatic heterocycles. The Kier molecular flexibility index (Phi) is 6.25. The number of carbonyl (C=O) groups is 2. The molecule has 3 heterocycles. The standard InChI is InChI=1S/C29H29N7O2/c1-2-25(18-6-4-3-5-7-18)32-23-14-22(31-21-8-9-21)15-24(16-23)33-26-10-11-36-28(34-26)20(17-30-36)12-19-13-27(37)35-29(19)38/h3-7,10-12,14-17,21,25,31-32H,2,8-9,13H2,1H3,(H,33,34)(H,35,37,38)/b19-12-. The van der Waals surface area contributed by atoms with Gasteiger partial charge in [-0.25, -0.2) is 9.50 Å². The monoisotopic (exact) mass is 507 g/mol. The maximum absolute atomic E-state index is 12.0. The van der Waals surface area contributed by atoms with Gasteiger partial charge in [0.25, 0.3) is 5.91 Å². The first-order chi connectivity index (χ1) is 18.5. The number of nitrogens with zero attached hydrogens (tertiary/aromatic N) is 3. The molecule has 9 heteroatoms. The van der Waals surface area contributed by atoms with Gasteiger partial charge in [0, 0.05) is 40.4 Å². The van der Waals surface area contributed by atoms with Crippen molar-refractivity contribution in [1.29, 1.82) is 0 Å². The van der Waals surface area contributed by atoms with Crippen LogP contribution in [0.2, 0.25) is 0 Å². The largest absolute Gasteiger partial charge is 0.382 e. The first-order valence-electron chi connectivity index (χ1n) is 12.9. The smallest absolute Gasteiger partial charge is 0.254 e. The summed E-state index contributed by atoms with van der Waals surface area (Å²) in [7, 11) is 0. The van der Waals surface area contributed by atoms with Gasteiger partial charge in [-0.1, -0.05) is 37.3 Å². The lowest BCUT2D eigenvalue weighted by Crippen LogP contribution is -2.19. The molecule has 1 saturated carbocycles. The fourth-order valence-electron chi connectivity index (χ4n) is 4.65. The molecule has 2 fully saturated rings. The predicted molar refractivity (Wildman–Crippen MR) is 148 cm³/mol. The number of imide groups is 1. The fraction of sp³-hybridized carbons (Fsp3) is 0.241. The van der Waals surface area contributed by atoms with Crippen LogP contribution in [0.1, 0.15) is 49.8 Å². The van der Waals surface area contributed by atoms with Crippen LogP contribution in [-0.4, -0.2) is 32.5 Å². The van der Waals surface area contributed by atoms with Gasteiger partial charge in [-0.05, 0) is 55.2 Å². The van der Waals surface area contributed by atoms with E-state index >= 15 is 0 Å². The number of amides is 2. The molecule has 192 valence electrons. The molecule has 4 N–H and O–H groups in total. The van der Waals surface area contributed by atoms with Crippen molar-refractivity contribution in [1.82, 2.24) is 19.9 Å². The number of fused-ring (bicyclic) bond motifs is 1. The summed E-state index contributed by atoms with van der Waals surface area (Å²) in [6.45, 7) is 2.18. The summed E-state index contributed by atoms with van der Waals surface area (Å²) in [5, 5.41) is 17.4. The lowest BCUT2D eigenvalue weighted by atomic mass is 10.0. The van der Waals surface area contributed by atoms with Crippen molar-refractivity contribution in [3.63, 3.8) is 0 Å². The number of rotatable bonds is 9. The van der Waals surface area contributed by atoms with Gasteiger partial charge in [-0.3, -0.25) is 14.9 Å². The minimum atomic E-state index is -0.371. The Morgan fingerprint density at radius 1 is 1.08 bits per heavy atom. The molecular formula is C29H29N7O2. The number of nitrogens with one attached hydrogen (secondary N) is 4. The highest BCUT2D eigenvalue weighted by Gasteiger charge is 2.24. The topological polar surface area (TPSA) is 112 Å². The van der Waals surface area contributed by atoms with Gasteiger partial charge in [0.2, 0.25) is 5.91 Å². The van der Waals surface area contributed by atoms with Crippen molar-refractivity contribution in [3.8, 4) is 0 Å². The van der Waals surface area contributed by atoms with Crippen LogP contribution in [0.25, 0.3) is 11.7 Å². The third-order valence-corrected chi connectivity index (χ3v) is 6.73. The van der Waals surface area contributed by atoms with Crippen LogP contribution < -0.4 is 21.3 Å². The van der Waals surface area contributed by atoms with Crippen molar-refractivity contribution in [2.75, 3.05) is 16.0 Å². The van der Waals surface area contributed by atoms with Gasteiger partial charge in [-0.2, -0.15) is 5.10 Å². The summed E-state index contributed by atoms with van der Waals surface area (Å²) in [5.74, 6) is -0.0199. The average Bonchev–Trinajstić information content (AvgIpc) is 3.55. The zero-order valence-electron chi connectivity index (χ0n) is 21.1. The van der Waals surface area contributed by atoms with Crippen LogP contribution in [-0.2, 0) is 9.59 Å². The molecule has 0 spiro atoms. The summed E-state index contributed by atoms with van der Waals surface area (Å²) in [5.41, 5.74) is 5.89. The summed E-state index contributed by atoms with van der Waals surface area (Å²) < 4.78 is 1.65. The lowest BCUT2D eigenvalue weighted by Gasteiger charge is -2.21. The molecule has 1 aliphatic carbocycles. The minimum absolute atomic E-state index is 0.0619. The number of hydrogen-bond donors (Lipinski definition) is 4. The van der Waals surface area contributed by atoms with E-state index in [1.807, 2.05) is 18.3 Å². The Balaban J connectivity index is 1.29. The minimum Gasteiger partial charge on any atom is -0.382 e. The van der Waals surface area contributed by atoms with Crippen molar-refractivity contribution in [2.24, 2.45) is 0 Å². The highest BCUT2D eigenvalue weighted by Crippen LogP contribution is 2.32. The molecule has 1 atom stereocenters. The molecular weight excluding hydrogens is 478 g/mol. The van der Waals surface area contributed by atoms with E-state index in [4.69, 9.17) is 4.98 Å². The van der Waals surface area contributed by atoms with Gasteiger partial charge < -0.3 is 16.0 Å². The van der Waals surface area contributed by atoms with Crippen LogP contribution in [0.15, 0.2) is 72.6 Å². The second-order valence-corrected chi connectivity index (χ2v) is 9.76. The quantitative estimate of drug-likeness (QED) is 0.185. The van der Waals surface area contributed by atoms with Crippen LogP contribution in [0.4, 0.5) is 22.9 Å². The molecule has 0 radical (unpaired) electrons. The van der Waals surface area contributed by atoms with E-state index in [9.17, 15) is 9.59 Å². The molecule has 1 aliphatic heterocycles. The van der Waals surface area contributed by atoms with Crippen molar-refractivity contribution in [3.05, 3.63) is 83.7 Å². The molecule has 1 unspecified atom stereocenters. The average molecular weight is 508 g/mol. The fourth-order valence-corrected chi connectivity index (χ4v) is 4.65. The first kappa shape index (κ1) is 23.7. The molecule has 0 bridgehead atoms. The summed E-state index contributed by atoms with van der Waals surface area (Å²) in [4.78, 5) is 28.4. The predicted octanol–water partition coefficient (Wildman–Crippen LogP) is 5.04. The number of carbonyl (C=O) groups excluding carboxylic acids is 2. The number of anilines is 4. The molecule has 2 aliphatic rings. The first-order valence-corrected chi connectivity index (χ1v) is 12.9. The van der Waals surface area contributed by atoms with Crippen molar-refractivity contribution in [2.45, 2.75) is 44.7 Å². The SMILES string of the molecule is CCC(Nc1cc(Nc2ccn3ncc(/C=C4/CC(=O)NC4=O)c3n2)cc(NC2CC2)c1)c1ccccc1. The Morgan fingerprint density at radius 2 is 1.87 bits per heavy atom. The maximum atomic E-state index is 12.0. The van der Waals surface area contributed by atoms with Crippen LogP contribution in [0.5, 0.6) is 0 Å². The molecule has 9 nitrogen and oxygen atoms in total. The van der Waals surface area contributed by atoms with E-state index in [-0.39, 0.29) is 24.3 Å². The van der Waals surface area contributed by atoms with E-state index in [1.54, 1.807) is 16.8 Å². The van der Waals surface area contributed by atoms with E-state index < -0.39 is 0 Å². The number of aromatic nitrogens is 3. The zero-order valence-corrected chi connectivity index (χ0v) is 21.1. The Bertz CT molecular complexity index is 1540. The third kappa shape index (κ3) is 5.22. The molecule has 1 saturated heterocycles. The van der Waals surface area contributed by atoms with Gasteiger partial charge in [0.15, 0.2) is 5.65 Å². The second-order valence-electron chi connectivity index (χ2n) is 9.76. The molecule has 4 aromatic rings. The van der Waals surface area contributed by atoms with E-state index in [1.165, 1.54) is 18.4 Å². The Morgan fingerprint density at radius 3 is 2.61 bits per heavy atom. The highest BCUT2D eigenvalue weighted by atomic mass is 16.2. The molecule has 6 rings (SSSR count). The number of benzene rings is 2. The van der Waals surface area contributed by atoms with E-state index in [0.29, 0.717) is 28.6 Å². The lowest BCUT2D eigenvalue weighted by molar-refractivity contribution is -0.124. The Hall–Kier alpha value is -4.66. The summed E-state index contributed by atoms with van der Waals surface area (Å²) in [6, 6.07) is 19.4. The van der Waals surface area contributed by atoms with Gasteiger partial charge >= 0.3 is 0 Å². The Labute approximate surface area is 220 Å². The van der Waals surface area contributed by atoms with E-state index in [2.05, 4.69) is 75.8 Å². The van der Waals surface area contributed by atoms with Crippen LogP contribution in [0, 0.1) is 0 Å². The van der Waals surface area contributed by atoms with Gasteiger partial charge in [0.1, 0.15) is 5.82 Å². The zero-order chi connectivity index (χ0) is 26.1. The van der Waals surface area contributed by atoms with Crippen LogP contribution in [0.3, 0.4) is 0 Å². The summed E-state index contributed by atoms with van der Waals surface area (Å²) in [6.07, 6.45) is 8.52. The highest BCUT2D eigenvalue weighted by molar-refractivity contribution is 6.15. The third-order valence-electron chi connectivity index (χ3n) is 6.73.